The van der Waals surface area contributed by atoms with E-state index in [2.05, 4.69) is 0 Å². The lowest BCUT2D eigenvalue weighted by Gasteiger charge is -2.27. The fraction of sp³-hybridized carbons (Fsp3) is 0.571. The molecule has 0 N–H and O–H groups in total. The van der Waals surface area contributed by atoms with Crippen LogP contribution in [0.5, 0.6) is 5.75 Å². The molecular weight excluding hydrogens is 278 g/mol. The van der Waals surface area contributed by atoms with E-state index in [1.165, 1.54) is 4.31 Å². The average Bonchev–Trinajstić information content (AvgIpc) is 2.45. The van der Waals surface area contributed by atoms with E-state index in [9.17, 15) is 8.42 Å². The number of ether oxygens (including phenoxy) is 2. The molecule has 1 aliphatic heterocycles. The van der Waals surface area contributed by atoms with E-state index in [4.69, 9.17) is 9.47 Å². The molecule has 1 aromatic carbocycles. The molecule has 1 heterocycles. The van der Waals surface area contributed by atoms with Crippen LogP contribution in [-0.4, -0.2) is 45.6 Å². The Labute approximate surface area is 120 Å². The van der Waals surface area contributed by atoms with E-state index in [1.807, 2.05) is 20.8 Å². The molecule has 1 aromatic rings. The summed E-state index contributed by atoms with van der Waals surface area (Å²) in [6.45, 7) is 7.91. The zero-order chi connectivity index (χ0) is 14.8. The first-order valence-corrected chi connectivity index (χ1v) is 8.23. The van der Waals surface area contributed by atoms with Gasteiger partial charge in [-0.1, -0.05) is 0 Å². The minimum Gasteiger partial charge on any atom is -0.494 e. The summed E-state index contributed by atoms with van der Waals surface area (Å²) in [4.78, 5) is 0.361. The van der Waals surface area contributed by atoms with Gasteiger partial charge in [0.25, 0.3) is 0 Å². The van der Waals surface area contributed by atoms with Crippen molar-refractivity contribution in [1.29, 1.82) is 0 Å². The Morgan fingerprint density at radius 2 is 1.85 bits per heavy atom. The maximum atomic E-state index is 12.7. The number of nitrogens with zero attached hydrogens (tertiary/aromatic N) is 1. The molecule has 0 aromatic heterocycles. The van der Waals surface area contributed by atoms with Crippen LogP contribution in [0.15, 0.2) is 17.0 Å². The van der Waals surface area contributed by atoms with Crippen LogP contribution in [0.3, 0.4) is 0 Å². The molecule has 0 spiro atoms. The van der Waals surface area contributed by atoms with Crippen LogP contribution >= 0.6 is 0 Å². The van der Waals surface area contributed by atoms with Gasteiger partial charge in [0.2, 0.25) is 10.0 Å². The topological polar surface area (TPSA) is 55.8 Å². The summed E-state index contributed by atoms with van der Waals surface area (Å²) in [7, 11) is -3.45. The molecule has 0 amide bonds. The number of benzene rings is 1. The molecule has 0 radical (unpaired) electrons. The van der Waals surface area contributed by atoms with Crippen LogP contribution in [0, 0.1) is 13.8 Å². The molecule has 6 heteroatoms. The number of morpholine rings is 1. The molecule has 2 rings (SSSR count). The molecule has 0 atom stereocenters. The van der Waals surface area contributed by atoms with Crippen LogP contribution in [0.2, 0.25) is 0 Å². The molecule has 0 saturated carbocycles. The van der Waals surface area contributed by atoms with Crippen molar-refractivity contribution in [1.82, 2.24) is 4.31 Å². The van der Waals surface area contributed by atoms with Crippen molar-refractivity contribution in [3.63, 3.8) is 0 Å². The van der Waals surface area contributed by atoms with Crippen LogP contribution in [0.25, 0.3) is 0 Å². The first-order chi connectivity index (χ1) is 9.48. The number of rotatable bonds is 4. The van der Waals surface area contributed by atoms with Gasteiger partial charge in [-0.15, -0.1) is 0 Å². The average molecular weight is 299 g/mol. The van der Waals surface area contributed by atoms with Gasteiger partial charge < -0.3 is 9.47 Å². The molecule has 0 aliphatic carbocycles. The van der Waals surface area contributed by atoms with Gasteiger partial charge in [0.1, 0.15) is 5.75 Å². The van der Waals surface area contributed by atoms with Crippen molar-refractivity contribution in [3.8, 4) is 5.75 Å². The minimum absolute atomic E-state index is 0.361. The molecule has 20 heavy (non-hydrogen) atoms. The molecule has 1 fully saturated rings. The Balaban J connectivity index is 2.39. The highest BCUT2D eigenvalue weighted by Gasteiger charge is 2.28. The molecule has 0 bridgehead atoms. The van der Waals surface area contributed by atoms with E-state index in [0.717, 1.165) is 16.9 Å². The predicted molar refractivity (Wildman–Crippen MR) is 76.7 cm³/mol. The fourth-order valence-corrected chi connectivity index (χ4v) is 3.98. The van der Waals surface area contributed by atoms with E-state index >= 15 is 0 Å². The molecule has 112 valence electrons. The second kappa shape index (κ2) is 6.11. The summed E-state index contributed by atoms with van der Waals surface area (Å²) in [5.41, 5.74) is 1.63. The van der Waals surface area contributed by atoms with Gasteiger partial charge in [0.15, 0.2) is 0 Å². The summed E-state index contributed by atoms with van der Waals surface area (Å²) < 4.78 is 37.5. The summed E-state index contributed by atoms with van der Waals surface area (Å²) >= 11 is 0. The smallest absolute Gasteiger partial charge is 0.243 e. The van der Waals surface area contributed by atoms with Crippen molar-refractivity contribution >= 4 is 10.0 Å². The second-order valence-electron chi connectivity index (χ2n) is 4.76. The molecule has 1 aliphatic rings. The fourth-order valence-electron chi connectivity index (χ4n) is 2.29. The maximum absolute atomic E-state index is 12.7. The minimum atomic E-state index is -3.45. The lowest BCUT2D eigenvalue weighted by Crippen LogP contribution is -2.40. The maximum Gasteiger partial charge on any atom is 0.243 e. The Kier molecular flexibility index (Phi) is 4.67. The lowest BCUT2D eigenvalue weighted by atomic mass is 10.1. The summed E-state index contributed by atoms with van der Waals surface area (Å²) in [5, 5.41) is 0. The molecule has 0 unspecified atom stereocenters. The van der Waals surface area contributed by atoms with Crippen LogP contribution in [0.4, 0.5) is 0 Å². The van der Waals surface area contributed by atoms with Gasteiger partial charge in [-0.2, -0.15) is 4.31 Å². The van der Waals surface area contributed by atoms with Gasteiger partial charge in [-0.25, -0.2) is 8.42 Å². The van der Waals surface area contributed by atoms with Gasteiger partial charge in [0, 0.05) is 13.1 Å². The van der Waals surface area contributed by atoms with Gasteiger partial charge >= 0.3 is 0 Å². The van der Waals surface area contributed by atoms with E-state index < -0.39 is 10.0 Å². The van der Waals surface area contributed by atoms with Crippen LogP contribution < -0.4 is 4.74 Å². The Morgan fingerprint density at radius 3 is 2.45 bits per heavy atom. The van der Waals surface area contributed by atoms with E-state index in [0.29, 0.717) is 37.8 Å². The molecule has 1 saturated heterocycles. The highest BCUT2D eigenvalue weighted by molar-refractivity contribution is 7.89. The number of sulfonamides is 1. The van der Waals surface area contributed by atoms with Crippen molar-refractivity contribution in [3.05, 3.63) is 23.3 Å². The van der Waals surface area contributed by atoms with Crippen LogP contribution in [-0.2, 0) is 14.8 Å². The van der Waals surface area contributed by atoms with Crippen molar-refractivity contribution in [2.24, 2.45) is 0 Å². The summed E-state index contributed by atoms with van der Waals surface area (Å²) in [5.74, 6) is 0.742. The van der Waals surface area contributed by atoms with Crippen molar-refractivity contribution in [2.75, 3.05) is 32.9 Å². The van der Waals surface area contributed by atoms with E-state index in [-0.39, 0.29) is 0 Å². The standard InChI is InChI=1S/C14H21NO4S/c1-4-19-13-5-6-14(12(3)11(13)2)20(16,17)15-7-9-18-10-8-15/h5-6H,4,7-10H2,1-3H3. The summed E-state index contributed by atoms with van der Waals surface area (Å²) in [6, 6.07) is 3.37. The number of hydrogen-bond donors (Lipinski definition) is 0. The first-order valence-electron chi connectivity index (χ1n) is 6.79. The van der Waals surface area contributed by atoms with Crippen LogP contribution in [0.1, 0.15) is 18.1 Å². The lowest BCUT2D eigenvalue weighted by molar-refractivity contribution is 0.0730. The normalized spacial score (nSPS) is 17.1. The quantitative estimate of drug-likeness (QED) is 0.849. The Morgan fingerprint density at radius 1 is 1.20 bits per heavy atom. The SMILES string of the molecule is CCOc1ccc(S(=O)(=O)N2CCOCC2)c(C)c1C. The molecular formula is C14H21NO4S. The predicted octanol–water partition coefficient (Wildman–Crippen LogP) is 1.72. The zero-order valence-electron chi connectivity index (χ0n) is 12.2. The first kappa shape index (κ1) is 15.3. The zero-order valence-corrected chi connectivity index (χ0v) is 13.0. The Bertz CT molecular complexity index is 577. The third kappa shape index (κ3) is 2.82. The highest BCUT2D eigenvalue weighted by atomic mass is 32.2. The van der Waals surface area contributed by atoms with Gasteiger partial charge in [0.05, 0.1) is 24.7 Å². The monoisotopic (exact) mass is 299 g/mol. The van der Waals surface area contributed by atoms with E-state index in [1.54, 1.807) is 12.1 Å². The number of hydrogen-bond acceptors (Lipinski definition) is 4. The largest absolute Gasteiger partial charge is 0.494 e. The molecule has 5 nitrogen and oxygen atoms in total. The second-order valence-corrected chi connectivity index (χ2v) is 6.67. The third-order valence-electron chi connectivity index (χ3n) is 3.58. The van der Waals surface area contributed by atoms with Crippen molar-refractivity contribution < 1.29 is 17.9 Å². The van der Waals surface area contributed by atoms with Gasteiger partial charge in [-0.05, 0) is 44.0 Å². The highest BCUT2D eigenvalue weighted by Crippen LogP contribution is 2.29. The third-order valence-corrected chi connectivity index (χ3v) is 5.62. The van der Waals surface area contributed by atoms with Crippen molar-refractivity contribution in [2.45, 2.75) is 25.7 Å². The Hall–Kier alpha value is -1.11. The van der Waals surface area contributed by atoms with Gasteiger partial charge in [-0.3, -0.25) is 0 Å². The summed E-state index contributed by atoms with van der Waals surface area (Å²) in [6.07, 6.45) is 0.